The molecule has 7 amide bonds. The number of nitrogens with one attached hydrogen (secondary N) is 4. The third-order valence-corrected chi connectivity index (χ3v) is 12.1. The van der Waals surface area contributed by atoms with Crippen LogP contribution in [0, 0.1) is 17.6 Å². The third kappa shape index (κ3) is 10.1. The molecule has 2 aromatic carbocycles. The van der Waals surface area contributed by atoms with Crippen LogP contribution in [-0.2, 0) is 35.2 Å². The number of ketones is 1. The van der Waals surface area contributed by atoms with Gasteiger partial charge in [-0.1, -0.05) is 6.92 Å². The van der Waals surface area contributed by atoms with Crippen LogP contribution < -0.4 is 26.2 Å². The number of aliphatic hydroxyl groups excluding tert-OH is 1. The lowest BCUT2D eigenvalue weighted by Crippen LogP contribution is -2.62. The number of carbonyl (C=O) groups excluding carboxylic acids is 7. The van der Waals surface area contributed by atoms with Crippen LogP contribution in [0.5, 0.6) is 0 Å². The number of carbonyl (C=O) groups is 7. The highest BCUT2D eigenvalue weighted by atomic mass is 19.1. The number of hydrogen-bond acceptors (Lipinski definition) is 9. The number of urea groups is 1. The van der Waals surface area contributed by atoms with Crippen molar-refractivity contribution in [1.82, 2.24) is 30.7 Å². The van der Waals surface area contributed by atoms with Crippen LogP contribution in [0.3, 0.4) is 0 Å². The van der Waals surface area contributed by atoms with Crippen molar-refractivity contribution in [2.45, 2.75) is 114 Å². The van der Waals surface area contributed by atoms with Gasteiger partial charge in [-0.25, -0.2) is 13.6 Å². The summed E-state index contributed by atoms with van der Waals surface area (Å²) in [6, 6.07) is 2.67. The fourth-order valence-corrected chi connectivity index (χ4v) is 8.91. The normalized spacial score (nSPS) is 24.1. The first-order valence-corrected chi connectivity index (χ1v) is 20.9. The average Bonchev–Trinajstić information content (AvgIpc) is 3.48. The van der Waals surface area contributed by atoms with Gasteiger partial charge in [0.1, 0.15) is 47.4 Å². The first-order valence-electron chi connectivity index (χ1n) is 20.9. The first-order chi connectivity index (χ1) is 28.9. The summed E-state index contributed by atoms with van der Waals surface area (Å²) in [5.74, 6) is -4.72. The summed E-state index contributed by atoms with van der Waals surface area (Å²) < 4.78 is 28.4. The predicted octanol–water partition coefficient (Wildman–Crippen LogP) is 2.09. The van der Waals surface area contributed by atoms with Crippen LogP contribution in [-0.4, -0.2) is 137 Å². The topological polar surface area (TPSA) is 201 Å². The van der Waals surface area contributed by atoms with Crippen LogP contribution in [0.25, 0.3) is 0 Å². The number of anilines is 2. The van der Waals surface area contributed by atoms with Gasteiger partial charge in [0.2, 0.25) is 29.5 Å². The molecule has 1 spiro atoms. The molecule has 2 aromatic rings. The highest BCUT2D eigenvalue weighted by molar-refractivity contribution is 6.09. The van der Waals surface area contributed by atoms with E-state index in [4.69, 9.17) is 0 Å². The second-order valence-corrected chi connectivity index (χ2v) is 17.2. The molecule has 0 unspecified atom stereocenters. The second kappa shape index (κ2) is 18.5. The third-order valence-electron chi connectivity index (χ3n) is 12.1. The Kier molecular flexibility index (Phi) is 13.6. The van der Waals surface area contributed by atoms with Crippen molar-refractivity contribution < 1.29 is 47.4 Å². The summed E-state index contributed by atoms with van der Waals surface area (Å²) in [5.41, 5.74) is 0.504. The monoisotopic (exact) mass is 850 g/mol. The van der Waals surface area contributed by atoms with Crippen molar-refractivity contribution in [3.63, 3.8) is 0 Å². The Morgan fingerprint density at radius 2 is 1.51 bits per heavy atom. The van der Waals surface area contributed by atoms with E-state index in [0.29, 0.717) is 56.8 Å². The summed E-state index contributed by atoms with van der Waals surface area (Å²) >= 11 is 0. The van der Waals surface area contributed by atoms with Crippen LogP contribution >= 0.6 is 0 Å². The first kappa shape index (κ1) is 44.9. The number of aliphatic hydroxyl groups is 1. The Bertz CT molecular complexity index is 2010. The summed E-state index contributed by atoms with van der Waals surface area (Å²) in [7, 11) is 3.70. The molecule has 0 radical (unpaired) electrons. The van der Waals surface area contributed by atoms with Gasteiger partial charge in [-0.15, -0.1) is 0 Å². The van der Waals surface area contributed by atoms with Crippen LogP contribution in [0.15, 0.2) is 42.5 Å². The number of benzene rings is 2. The zero-order chi connectivity index (χ0) is 44.3. The molecule has 18 heteroatoms. The minimum absolute atomic E-state index is 0.0168. The van der Waals surface area contributed by atoms with E-state index in [0.717, 1.165) is 17.8 Å². The van der Waals surface area contributed by atoms with E-state index in [1.54, 1.807) is 36.1 Å². The van der Waals surface area contributed by atoms with Gasteiger partial charge in [-0.05, 0) is 100 Å². The van der Waals surface area contributed by atoms with Gasteiger partial charge >= 0.3 is 6.03 Å². The molecule has 1 saturated carbocycles. The summed E-state index contributed by atoms with van der Waals surface area (Å²) in [4.78, 5) is 101. The maximum absolute atomic E-state index is 14.3. The molecule has 3 saturated heterocycles. The van der Waals surface area contributed by atoms with E-state index in [2.05, 4.69) is 21.3 Å². The molecule has 61 heavy (non-hydrogen) atoms. The van der Waals surface area contributed by atoms with E-state index in [1.807, 2.05) is 25.9 Å². The van der Waals surface area contributed by atoms with Crippen molar-refractivity contribution in [2.75, 3.05) is 43.9 Å². The molecule has 4 fully saturated rings. The highest BCUT2D eigenvalue weighted by Crippen LogP contribution is 2.48. The molecule has 8 atom stereocenters. The van der Waals surface area contributed by atoms with Gasteiger partial charge in [0, 0.05) is 64.0 Å². The maximum atomic E-state index is 14.3. The second-order valence-electron chi connectivity index (χ2n) is 17.2. The number of nitrogens with zero attached hydrogens (tertiary/aromatic N) is 4. The standard InChI is InChI=1S/C43H56F2N8O8/c1-24-21-43(22-35(43)55)53(23-24)39(58)25(2)46-38(57)33-9-6-7-15-51(33)40(59)34-10-8-16-52(34)41(60)36(26(3)54)49-37(56)32(19-27-17-28(44)20-29(45)18-27)48-42(61)47-30-11-13-31(14-12-30)50(4)5/h11-14,17-18,20,24-26,32-34,36,54H,6-10,15-16,19,21-23H2,1-5H3,(H,46,57)(H,49,56)(H2,47,48,61)/t24-,25+,26+,32+,33+,34+,36+,43+/m1/s1. The highest BCUT2D eigenvalue weighted by Gasteiger charge is 2.63. The smallest absolute Gasteiger partial charge is 0.319 e. The van der Waals surface area contributed by atoms with E-state index < -0.39 is 89.6 Å². The summed E-state index contributed by atoms with van der Waals surface area (Å²) in [6.45, 7) is 5.58. The number of Topliss-reactive ketones (excluding diaryl/α,β-unsaturated/α-hetero) is 1. The van der Waals surface area contributed by atoms with Crippen molar-refractivity contribution in [3.8, 4) is 0 Å². The predicted molar refractivity (Wildman–Crippen MR) is 220 cm³/mol. The van der Waals surface area contributed by atoms with Gasteiger partial charge < -0.3 is 46.0 Å². The van der Waals surface area contributed by atoms with Crippen molar-refractivity contribution in [2.24, 2.45) is 5.92 Å². The Hall–Kier alpha value is -5.65. The molecule has 330 valence electrons. The number of rotatable bonds is 13. The number of halogens is 2. The summed E-state index contributed by atoms with van der Waals surface area (Å²) in [6.07, 6.45) is 1.27. The summed E-state index contributed by atoms with van der Waals surface area (Å²) in [5, 5.41) is 21.3. The zero-order valence-electron chi connectivity index (χ0n) is 35.2. The molecule has 0 bridgehead atoms. The molecule has 5 N–H and O–H groups in total. The van der Waals surface area contributed by atoms with Crippen molar-refractivity contribution in [3.05, 3.63) is 59.7 Å². The number of amides is 7. The SMILES string of the molecule is C[C@H]1CN(C(=O)[C@H](C)NC(=O)[C@@H]2CCCCN2C(=O)[C@@H]2CCCN2C(=O)[C@@H](NC(=O)[C@H](Cc2cc(F)cc(F)c2)NC(=O)Nc2ccc(N(C)C)cc2)[C@H](C)O)[C@]2(CC2=O)C1. The Morgan fingerprint density at radius 1 is 0.869 bits per heavy atom. The van der Waals surface area contributed by atoms with E-state index in [-0.39, 0.29) is 42.7 Å². The van der Waals surface area contributed by atoms with Gasteiger partial charge in [-0.2, -0.15) is 0 Å². The van der Waals surface area contributed by atoms with E-state index in [9.17, 15) is 47.4 Å². The molecule has 1 aliphatic carbocycles. The Balaban J connectivity index is 1.14. The van der Waals surface area contributed by atoms with Crippen LogP contribution in [0.2, 0.25) is 0 Å². The van der Waals surface area contributed by atoms with Gasteiger partial charge in [0.15, 0.2) is 5.78 Å². The largest absolute Gasteiger partial charge is 0.391 e. The minimum Gasteiger partial charge on any atom is -0.391 e. The van der Waals surface area contributed by atoms with E-state index >= 15 is 0 Å². The fourth-order valence-electron chi connectivity index (χ4n) is 8.91. The number of piperidine rings is 1. The molecule has 3 heterocycles. The van der Waals surface area contributed by atoms with Crippen LogP contribution in [0.1, 0.15) is 71.3 Å². The molecular weight excluding hydrogens is 795 g/mol. The molecule has 0 aromatic heterocycles. The van der Waals surface area contributed by atoms with Crippen molar-refractivity contribution in [1.29, 1.82) is 0 Å². The molecular formula is C43H56F2N8O8. The van der Waals surface area contributed by atoms with Gasteiger partial charge in [0.05, 0.1) is 6.10 Å². The molecule has 4 aliphatic rings. The number of hydrogen-bond donors (Lipinski definition) is 5. The Morgan fingerprint density at radius 3 is 2.13 bits per heavy atom. The maximum Gasteiger partial charge on any atom is 0.319 e. The quantitative estimate of drug-likeness (QED) is 0.200. The lowest BCUT2D eigenvalue weighted by atomic mass is 9.99. The lowest BCUT2D eigenvalue weighted by Gasteiger charge is -2.39. The number of likely N-dealkylation sites (tertiary alicyclic amines) is 3. The minimum atomic E-state index is -1.60. The fraction of sp³-hybridized carbons (Fsp3) is 0.558. The average molecular weight is 851 g/mol. The van der Waals surface area contributed by atoms with Gasteiger partial charge in [-0.3, -0.25) is 28.8 Å². The zero-order valence-corrected chi connectivity index (χ0v) is 35.2. The van der Waals surface area contributed by atoms with Gasteiger partial charge in [0.25, 0.3) is 0 Å². The van der Waals surface area contributed by atoms with Crippen molar-refractivity contribution >= 4 is 52.7 Å². The lowest BCUT2D eigenvalue weighted by molar-refractivity contribution is -0.152. The molecule has 3 aliphatic heterocycles. The van der Waals surface area contributed by atoms with E-state index in [1.165, 1.54) is 16.7 Å². The van der Waals surface area contributed by atoms with Crippen LogP contribution in [0.4, 0.5) is 25.0 Å². The molecule has 16 nitrogen and oxygen atoms in total. The Labute approximate surface area is 353 Å². The molecule has 6 rings (SSSR count).